The molecule has 1 N–H and O–H groups in total. The maximum absolute atomic E-state index is 3.47. The summed E-state index contributed by atoms with van der Waals surface area (Å²) in [5.41, 5.74) is 1.46. The van der Waals surface area contributed by atoms with Crippen molar-refractivity contribution in [2.24, 2.45) is 5.92 Å². The van der Waals surface area contributed by atoms with Crippen molar-refractivity contribution in [3.63, 3.8) is 0 Å². The summed E-state index contributed by atoms with van der Waals surface area (Å²) in [7, 11) is 0. The van der Waals surface area contributed by atoms with E-state index in [1.165, 1.54) is 12.0 Å². The first kappa shape index (κ1) is 11.7. The van der Waals surface area contributed by atoms with Crippen LogP contribution in [0.25, 0.3) is 0 Å². The van der Waals surface area contributed by atoms with E-state index in [1.54, 1.807) is 0 Å². The Bertz CT molecular complexity index is 136. The topological polar surface area (TPSA) is 12.0 Å². The predicted molar refractivity (Wildman–Crippen MR) is 56.4 cm³/mol. The van der Waals surface area contributed by atoms with Crippen molar-refractivity contribution in [1.82, 2.24) is 5.32 Å². The number of hydrogen-bond donors (Lipinski definition) is 1. The molecule has 0 spiro atoms. The summed E-state index contributed by atoms with van der Waals surface area (Å²) in [6, 6.07) is 0.535. The van der Waals surface area contributed by atoms with E-state index in [4.69, 9.17) is 0 Å². The van der Waals surface area contributed by atoms with Gasteiger partial charge in [0, 0.05) is 6.04 Å². The first-order chi connectivity index (χ1) is 5.57. The first-order valence-electron chi connectivity index (χ1n) is 4.99. The molecule has 0 aromatic heterocycles. The smallest absolute Gasteiger partial charge is 0.0248 e. The molecular weight excluding hydrogens is 146 g/mol. The Morgan fingerprint density at radius 1 is 1.33 bits per heavy atom. The second kappa shape index (κ2) is 6.24. The van der Waals surface area contributed by atoms with E-state index in [1.807, 2.05) is 0 Å². The zero-order valence-electron chi connectivity index (χ0n) is 9.15. The molecule has 12 heavy (non-hydrogen) atoms. The lowest BCUT2D eigenvalue weighted by Crippen LogP contribution is -2.27. The summed E-state index contributed by atoms with van der Waals surface area (Å²) in [6.45, 7) is 12.2. The molecule has 0 bridgehead atoms. The molecule has 0 aromatic carbocycles. The molecule has 0 radical (unpaired) electrons. The normalized spacial score (nSPS) is 15.3. The predicted octanol–water partition coefficient (Wildman–Crippen LogP) is 2.98. The average molecular weight is 169 g/mol. The number of nitrogens with one attached hydrogen (secondary N) is 1. The van der Waals surface area contributed by atoms with Gasteiger partial charge in [-0.15, -0.1) is 0 Å². The molecule has 1 unspecified atom stereocenters. The van der Waals surface area contributed by atoms with Crippen LogP contribution in [-0.4, -0.2) is 12.6 Å². The van der Waals surface area contributed by atoms with Crippen molar-refractivity contribution in [3.8, 4) is 0 Å². The van der Waals surface area contributed by atoms with Gasteiger partial charge in [0.1, 0.15) is 0 Å². The standard InChI is InChI=1S/C11H23N/c1-6-7-12-11(5)10(4)8-9(2)3/h8-9,11-12H,6-7H2,1-5H3. The molecule has 0 aliphatic carbocycles. The second-order valence-corrected chi connectivity index (χ2v) is 3.83. The third-order valence-electron chi connectivity index (χ3n) is 1.98. The molecular formula is C11H23N. The fourth-order valence-corrected chi connectivity index (χ4v) is 1.19. The maximum atomic E-state index is 3.47. The highest BCUT2D eigenvalue weighted by atomic mass is 14.9. The van der Waals surface area contributed by atoms with E-state index >= 15 is 0 Å². The van der Waals surface area contributed by atoms with Gasteiger partial charge in [-0.2, -0.15) is 0 Å². The van der Waals surface area contributed by atoms with Crippen LogP contribution in [0.5, 0.6) is 0 Å². The van der Waals surface area contributed by atoms with E-state index in [0.29, 0.717) is 12.0 Å². The Hall–Kier alpha value is -0.300. The summed E-state index contributed by atoms with van der Waals surface area (Å²) in [5.74, 6) is 0.663. The highest BCUT2D eigenvalue weighted by molar-refractivity contribution is 5.07. The fraction of sp³-hybridized carbons (Fsp3) is 0.818. The average Bonchev–Trinajstić information content (AvgIpc) is 1.98. The second-order valence-electron chi connectivity index (χ2n) is 3.83. The van der Waals surface area contributed by atoms with E-state index in [9.17, 15) is 0 Å². The lowest BCUT2D eigenvalue weighted by Gasteiger charge is -2.14. The third-order valence-corrected chi connectivity index (χ3v) is 1.98. The number of hydrogen-bond acceptors (Lipinski definition) is 1. The minimum absolute atomic E-state index is 0.535. The lowest BCUT2D eigenvalue weighted by molar-refractivity contribution is 0.596. The van der Waals surface area contributed by atoms with Crippen LogP contribution in [0.3, 0.4) is 0 Å². The van der Waals surface area contributed by atoms with Gasteiger partial charge in [0.25, 0.3) is 0 Å². The van der Waals surface area contributed by atoms with Crippen molar-refractivity contribution in [2.45, 2.75) is 47.1 Å². The first-order valence-corrected chi connectivity index (χ1v) is 4.99. The zero-order valence-corrected chi connectivity index (χ0v) is 9.15. The summed E-state index contributed by atoms with van der Waals surface area (Å²) >= 11 is 0. The Morgan fingerprint density at radius 2 is 1.92 bits per heavy atom. The molecule has 0 heterocycles. The molecule has 1 atom stereocenters. The largest absolute Gasteiger partial charge is 0.311 e. The summed E-state index contributed by atoms with van der Waals surface area (Å²) < 4.78 is 0. The lowest BCUT2D eigenvalue weighted by atomic mass is 10.1. The molecule has 0 fully saturated rings. The monoisotopic (exact) mass is 169 g/mol. The highest BCUT2D eigenvalue weighted by Gasteiger charge is 2.02. The van der Waals surface area contributed by atoms with E-state index < -0.39 is 0 Å². The molecule has 0 aliphatic rings. The molecule has 0 amide bonds. The van der Waals surface area contributed by atoms with Crippen molar-refractivity contribution in [3.05, 3.63) is 11.6 Å². The molecule has 0 rings (SSSR count). The van der Waals surface area contributed by atoms with E-state index in [-0.39, 0.29) is 0 Å². The van der Waals surface area contributed by atoms with Gasteiger partial charge in [0.15, 0.2) is 0 Å². The van der Waals surface area contributed by atoms with Crippen LogP contribution in [-0.2, 0) is 0 Å². The van der Waals surface area contributed by atoms with Crippen molar-refractivity contribution in [2.75, 3.05) is 6.54 Å². The number of rotatable bonds is 5. The van der Waals surface area contributed by atoms with Gasteiger partial charge in [0.2, 0.25) is 0 Å². The van der Waals surface area contributed by atoms with Gasteiger partial charge >= 0.3 is 0 Å². The van der Waals surface area contributed by atoms with Crippen LogP contribution in [0.2, 0.25) is 0 Å². The van der Waals surface area contributed by atoms with Gasteiger partial charge in [-0.3, -0.25) is 0 Å². The van der Waals surface area contributed by atoms with E-state index in [2.05, 4.69) is 46.0 Å². The Labute approximate surface area is 77.2 Å². The molecule has 72 valence electrons. The SMILES string of the molecule is CCCNC(C)C(C)=CC(C)C. The van der Waals surface area contributed by atoms with Crippen molar-refractivity contribution in [1.29, 1.82) is 0 Å². The Morgan fingerprint density at radius 3 is 2.33 bits per heavy atom. The van der Waals surface area contributed by atoms with Gasteiger partial charge in [-0.1, -0.05) is 32.4 Å². The molecule has 0 aliphatic heterocycles. The minimum atomic E-state index is 0.535. The number of allylic oxidation sites excluding steroid dienone is 1. The quantitative estimate of drug-likeness (QED) is 0.624. The molecule has 0 saturated heterocycles. The fourth-order valence-electron chi connectivity index (χ4n) is 1.19. The minimum Gasteiger partial charge on any atom is -0.311 e. The van der Waals surface area contributed by atoms with Crippen LogP contribution in [0, 0.1) is 5.92 Å². The van der Waals surface area contributed by atoms with Crippen molar-refractivity contribution >= 4 is 0 Å². The van der Waals surface area contributed by atoms with Gasteiger partial charge in [-0.25, -0.2) is 0 Å². The zero-order chi connectivity index (χ0) is 9.56. The molecule has 1 nitrogen and oxygen atoms in total. The van der Waals surface area contributed by atoms with Crippen LogP contribution < -0.4 is 5.32 Å². The summed E-state index contributed by atoms with van der Waals surface area (Å²) in [6.07, 6.45) is 3.53. The van der Waals surface area contributed by atoms with Gasteiger partial charge in [-0.05, 0) is 32.7 Å². The Kier molecular flexibility index (Phi) is 6.09. The summed E-state index contributed by atoms with van der Waals surface area (Å²) in [4.78, 5) is 0. The van der Waals surface area contributed by atoms with Crippen LogP contribution >= 0.6 is 0 Å². The maximum Gasteiger partial charge on any atom is 0.0248 e. The van der Waals surface area contributed by atoms with E-state index in [0.717, 1.165) is 6.54 Å². The molecule has 1 heteroatoms. The summed E-state index contributed by atoms with van der Waals surface area (Å²) in [5, 5.41) is 3.47. The van der Waals surface area contributed by atoms with Crippen LogP contribution in [0.15, 0.2) is 11.6 Å². The molecule has 0 saturated carbocycles. The highest BCUT2D eigenvalue weighted by Crippen LogP contribution is 2.05. The Balaban J connectivity index is 3.83. The van der Waals surface area contributed by atoms with Crippen LogP contribution in [0.4, 0.5) is 0 Å². The van der Waals surface area contributed by atoms with Gasteiger partial charge in [0.05, 0.1) is 0 Å². The third kappa shape index (κ3) is 5.36. The van der Waals surface area contributed by atoms with Crippen LogP contribution in [0.1, 0.15) is 41.0 Å². The van der Waals surface area contributed by atoms with Crippen molar-refractivity contribution < 1.29 is 0 Å². The molecule has 0 aromatic rings. The van der Waals surface area contributed by atoms with Gasteiger partial charge < -0.3 is 5.32 Å².